The van der Waals surface area contributed by atoms with Crippen LogP contribution in [-0.2, 0) is 0 Å². The fourth-order valence-electron chi connectivity index (χ4n) is 2.33. The summed E-state index contributed by atoms with van der Waals surface area (Å²) in [4.78, 5) is 13.9. The largest absolute Gasteiger partial charge is 0.469 e. The van der Waals surface area contributed by atoms with Crippen LogP contribution in [0.2, 0.25) is 0 Å². The van der Waals surface area contributed by atoms with E-state index in [-0.39, 0.29) is 5.91 Å². The average Bonchev–Trinajstić information content (AvgIpc) is 2.76. The monoisotopic (exact) mass is 236 g/mol. The van der Waals surface area contributed by atoms with Crippen molar-refractivity contribution >= 4 is 5.91 Å². The lowest BCUT2D eigenvalue weighted by atomic mass is 9.99. The molecule has 2 heterocycles. The Balaban J connectivity index is 1.90. The van der Waals surface area contributed by atoms with Crippen LogP contribution in [0.5, 0.6) is 0 Å². The first-order valence-electron chi connectivity index (χ1n) is 6.18. The van der Waals surface area contributed by atoms with E-state index in [4.69, 9.17) is 4.42 Å². The first-order valence-corrected chi connectivity index (χ1v) is 6.18. The van der Waals surface area contributed by atoms with Crippen LogP contribution < -0.4 is 5.32 Å². The van der Waals surface area contributed by atoms with Crippen LogP contribution in [0.1, 0.15) is 29.0 Å². The Labute approximate surface area is 102 Å². The van der Waals surface area contributed by atoms with Gasteiger partial charge in [0, 0.05) is 13.6 Å². The highest BCUT2D eigenvalue weighted by Crippen LogP contribution is 2.14. The maximum absolute atomic E-state index is 12.1. The molecule has 1 unspecified atom stereocenters. The minimum absolute atomic E-state index is 0.0485. The van der Waals surface area contributed by atoms with Crippen LogP contribution >= 0.6 is 0 Å². The SMILES string of the molecule is Cc1cc(C(=O)N(C)CC2CCCNC2)co1. The molecule has 1 atom stereocenters. The fourth-order valence-corrected chi connectivity index (χ4v) is 2.33. The Hall–Kier alpha value is -1.29. The fraction of sp³-hybridized carbons (Fsp3) is 0.615. The molecule has 1 saturated heterocycles. The molecule has 4 nitrogen and oxygen atoms in total. The number of carbonyl (C=O) groups excluding carboxylic acids is 1. The summed E-state index contributed by atoms with van der Waals surface area (Å²) in [5, 5.41) is 3.37. The zero-order chi connectivity index (χ0) is 12.3. The second kappa shape index (κ2) is 5.36. The summed E-state index contributed by atoms with van der Waals surface area (Å²) in [5.74, 6) is 1.40. The third-order valence-electron chi connectivity index (χ3n) is 3.26. The van der Waals surface area contributed by atoms with Crippen molar-refractivity contribution in [3.63, 3.8) is 0 Å². The number of piperidine rings is 1. The predicted octanol–water partition coefficient (Wildman–Crippen LogP) is 1.66. The van der Waals surface area contributed by atoms with E-state index in [1.165, 1.54) is 19.1 Å². The summed E-state index contributed by atoms with van der Waals surface area (Å²) in [7, 11) is 1.86. The zero-order valence-electron chi connectivity index (χ0n) is 10.5. The van der Waals surface area contributed by atoms with Crippen molar-refractivity contribution in [1.82, 2.24) is 10.2 Å². The quantitative estimate of drug-likeness (QED) is 0.868. The number of nitrogens with one attached hydrogen (secondary N) is 1. The maximum atomic E-state index is 12.1. The van der Waals surface area contributed by atoms with Crippen LogP contribution in [-0.4, -0.2) is 37.5 Å². The number of aryl methyl sites for hydroxylation is 1. The number of nitrogens with zero attached hydrogens (tertiary/aromatic N) is 1. The number of rotatable bonds is 3. The third-order valence-corrected chi connectivity index (χ3v) is 3.26. The second-order valence-electron chi connectivity index (χ2n) is 4.84. The highest BCUT2D eigenvalue weighted by molar-refractivity contribution is 5.93. The molecule has 94 valence electrons. The summed E-state index contributed by atoms with van der Waals surface area (Å²) in [6.07, 6.45) is 3.94. The first kappa shape index (κ1) is 12.2. The summed E-state index contributed by atoms with van der Waals surface area (Å²) in [6.45, 7) is 4.79. The maximum Gasteiger partial charge on any atom is 0.256 e. The third kappa shape index (κ3) is 3.09. The normalized spacial score (nSPS) is 20.2. The van der Waals surface area contributed by atoms with Gasteiger partial charge in [0.2, 0.25) is 0 Å². The Morgan fingerprint density at radius 2 is 2.47 bits per heavy atom. The van der Waals surface area contributed by atoms with Crippen LogP contribution in [0, 0.1) is 12.8 Å². The molecule has 4 heteroatoms. The van der Waals surface area contributed by atoms with E-state index in [0.29, 0.717) is 11.5 Å². The van der Waals surface area contributed by atoms with Crippen molar-refractivity contribution in [3.05, 3.63) is 23.7 Å². The molecule has 0 saturated carbocycles. The van der Waals surface area contributed by atoms with Gasteiger partial charge in [-0.15, -0.1) is 0 Å². The van der Waals surface area contributed by atoms with Gasteiger partial charge in [-0.05, 0) is 44.8 Å². The lowest BCUT2D eigenvalue weighted by Crippen LogP contribution is -2.39. The van der Waals surface area contributed by atoms with E-state index in [0.717, 1.165) is 25.4 Å². The van der Waals surface area contributed by atoms with Crippen LogP contribution in [0.4, 0.5) is 0 Å². The molecule has 0 aliphatic carbocycles. The van der Waals surface area contributed by atoms with Crippen molar-refractivity contribution in [1.29, 1.82) is 0 Å². The van der Waals surface area contributed by atoms with Crippen molar-refractivity contribution in [2.24, 2.45) is 5.92 Å². The highest BCUT2D eigenvalue weighted by atomic mass is 16.3. The molecule has 1 N–H and O–H groups in total. The molecule has 0 radical (unpaired) electrons. The van der Waals surface area contributed by atoms with Crippen molar-refractivity contribution in [2.45, 2.75) is 19.8 Å². The Bertz CT molecular complexity index is 381. The van der Waals surface area contributed by atoms with E-state index < -0.39 is 0 Å². The molecule has 1 amide bonds. The van der Waals surface area contributed by atoms with Gasteiger partial charge < -0.3 is 14.6 Å². The number of carbonyl (C=O) groups is 1. The van der Waals surface area contributed by atoms with E-state index in [2.05, 4.69) is 5.32 Å². The van der Waals surface area contributed by atoms with E-state index >= 15 is 0 Å². The van der Waals surface area contributed by atoms with Gasteiger partial charge in [0.05, 0.1) is 5.56 Å². The van der Waals surface area contributed by atoms with Crippen LogP contribution in [0.25, 0.3) is 0 Å². The second-order valence-corrected chi connectivity index (χ2v) is 4.84. The molecule has 1 aliphatic rings. The van der Waals surface area contributed by atoms with Gasteiger partial charge in [0.15, 0.2) is 0 Å². The molecular formula is C13H20N2O2. The van der Waals surface area contributed by atoms with Crippen molar-refractivity contribution in [2.75, 3.05) is 26.7 Å². The topological polar surface area (TPSA) is 45.5 Å². The molecule has 1 aromatic rings. The number of amides is 1. The lowest BCUT2D eigenvalue weighted by Gasteiger charge is -2.27. The summed E-state index contributed by atoms with van der Waals surface area (Å²) >= 11 is 0. The smallest absolute Gasteiger partial charge is 0.256 e. The molecule has 17 heavy (non-hydrogen) atoms. The van der Waals surface area contributed by atoms with Crippen molar-refractivity contribution < 1.29 is 9.21 Å². The van der Waals surface area contributed by atoms with Gasteiger partial charge in [-0.3, -0.25) is 4.79 Å². The van der Waals surface area contributed by atoms with Crippen LogP contribution in [0.3, 0.4) is 0 Å². The first-order chi connectivity index (χ1) is 8.16. The Morgan fingerprint density at radius 3 is 3.06 bits per heavy atom. The zero-order valence-corrected chi connectivity index (χ0v) is 10.5. The van der Waals surface area contributed by atoms with E-state index in [1.54, 1.807) is 11.0 Å². The van der Waals surface area contributed by atoms with E-state index in [1.807, 2.05) is 14.0 Å². The highest BCUT2D eigenvalue weighted by Gasteiger charge is 2.19. The molecular weight excluding hydrogens is 216 g/mol. The molecule has 2 rings (SSSR count). The molecule has 0 aromatic carbocycles. The summed E-state index contributed by atoms with van der Waals surface area (Å²) in [5.41, 5.74) is 0.647. The minimum Gasteiger partial charge on any atom is -0.469 e. The standard InChI is InChI=1S/C13H20N2O2/c1-10-6-12(9-17-10)13(16)15(2)8-11-4-3-5-14-7-11/h6,9,11,14H,3-5,7-8H2,1-2H3. The van der Waals surface area contributed by atoms with E-state index in [9.17, 15) is 4.79 Å². The Kier molecular flexibility index (Phi) is 3.84. The number of hydrogen-bond acceptors (Lipinski definition) is 3. The van der Waals surface area contributed by atoms with Crippen LogP contribution in [0.15, 0.2) is 16.7 Å². The summed E-state index contributed by atoms with van der Waals surface area (Å²) < 4.78 is 5.17. The lowest BCUT2D eigenvalue weighted by molar-refractivity contribution is 0.0764. The Morgan fingerprint density at radius 1 is 1.65 bits per heavy atom. The molecule has 0 spiro atoms. The van der Waals surface area contributed by atoms with Gasteiger partial charge in [-0.25, -0.2) is 0 Å². The number of hydrogen-bond donors (Lipinski definition) is 1. The molecule has 1 fully saturated rings. The van der Waals surface area contributed by atoms with Gasteiger partial charge in [-0.2, -0.15) is 0 Å². The van der Waals surface area contributed by atoms with Gasteiger partial charge in [0.25, 0.3) is 5.91 Å². The van der Waals surface area contributed by atoms with Gasteiger partial charge in [0.1, 0.15) is 12.0 Å². The molecule has 1 aromatic heterocycles. The van der Waals surface area contributed by atoms with Crippen molar-refractivity contribution in [3.8, 4) is 0 Å². The minimum atomic E-state index is 0.0485. The molecule has 0 bridgehead atoms. The average molecular weight is 236 g/mol. The summed E-state index contributed by atoms with van der Waals surface area (Å²) in [6, 6.07) is 1.79. The predicted molar refractivity (Wildman–Crippen MR) is 66.0 cm³/mol. The molecule has 1 aliphatic heterocycles. The number of furan rings is 1. The van der Waals surface area contributed by atoms with Gasteiger partial charge in [-0.1, -0.05) is 0 Å². The van der Waals surface area contributed by atoms with Gasteiger partial charge >= 0.3 is 0 Å².